The minimum absolute atomic E-state index is 0.00652. The molecule has 3 aliphatic rings. The molecule has 2 aromatic rings. The maximum atomic E-state index is 14.9. The van der Waals surface area contributed by atoms with Crippen molar-refractivity contribution in [1.29, 1.82) is 0 Å². The van der Waals surface area contributed by atoms with Crippen LogP contribution in [0.5, 0.6) is 5.75 Å². The van der Waals surface area contributed by atoms with Crippen LogP contribution in [0.15, 0.2) is 48.0 Å². The van der Waals surface area contributed by atoms with Gasteiger partial charge in [-0.05, 0) is 36.2 Å². The summed E-state index contributed by atoms with van der Waals surface area (Å²) < 4.78 is 26.0. The number of Topliss-reactive ketones (excluding diaryl/α,β-unsaturated/α-hetero) is 1. The minimum atomic E-state index is -1.06. The number of carbonyl (C=O) groups excluding carboxylic acids is 2. The molecule has 2 aromatic carbocycles. The van der Waals surface area contributed by atoms with Gasteiger partial charge in [-0.2, -0.15) is 0 Å². The van der Waals surface area contributed by atoms with E-state index in [1.54, 1.807) is 30.3 Å². The summed E-state index contributed by atoms with van der Waals surface area (Å²) in [6.45, 7) is 5.63. The van der Waals surface area contributed by atoms with Crippen LogP contribution in [0.25, 0.3) is 5.76 Å². The Kier molecular flexibility index (Phi) is 6.10. The first-order chi connectivity index (χ1) is 16.4. The Balaban J connectivity index is 1.54. The highest BCUT2D eigenvalue weighted by Gasteiger charge is 2.45. The fourth-order valence-corrected chi connectivity index (χ4v) is 5.03. The van der Waals surface area contributed by atoms with Gasteiger partial charge in [-0.15, -0.1) is 0 Å². The normalized spacial score (nSPS) is 24.4. The highest BCUT2D eigenvalue weighted by atomic mass is 19.1. The molecule has 0 aromatic heterocycles. The van der Waals surface area contributed by atoms with Crippen molar-refractivity contribution in [2.24, 2.45) is 0 Å². The fourth-order valence-electron chi connectivity index (χ4n) is 5.03. The molecule has 0 spiro atoms. The lowest BCUT2D eigenvalue weighted by Gasteiger charge is -2.30. The zero-order valence-electron chi connectivity index (χ0n) is 19.0. The van der Waals surface area contributed by atoms with Gasteiger partial charge >= 0.3 is 0 Å². The summed E-state index contributed by atoms with van der Waals surface area (Å²) in [5.74, 6) is -2.01. The van der Waals surface area contributed by atoms with Crippen molar-refractivity contribution in [3.8, 4) is 5.75 Å². The number of nitrogens with one attached hydrogen (secondary N) is 1. The second-order valence-corrected chi connectivity index (χ2v) is 9.06. The Morgan fingerprint density at radius 2 is 1.94 bits per heavy atom. The number of amides is 1. The van der Waals surface area contributed by atoms with Gasteiger partial charge in [0.25, 0.3) is 5.91 Å². The second kappa shape index (κ2) is 9.19. The molecule has 2 atom stereocenters. The number of ketones is 1. The molecule has 2 saturated heterocycles. The number of hydrogen-bond donors (Lipinski definition) is 1. The molecule has 1 amide bonds. The van der Waals surface area contributed by atoms with Gasteiger partial charge in [0.1, 0.15) is 30.8 Å². The number of quaternary nitrogens is 1. The average Bonchev–Trinajstić information content (AvgIpc) is 3.33. The van der Waals surface area contributed by atoms with Crippen molar-refractivity contribution in [3.05, 3.63) is 70.5 Å². The quantitative estimate of drug-likeness (QED) is 0.389. The summed E-state index contributed by atoms with van der Waals surface area (Å²) in [4.78, 5) is 28.8. The van der Waals surface area contributed by atoms with Crippen LogP contribution >= 0.6 is 0 Å². The molecule has 3 aliphatic heterocycles. The molecule has 5 rings (SSSR count). The molecule has 34 heavy (non-hydrogen) atoms. The molecule has 0 aliphatic carbocycles. The Labute approximate surface area is 197 Å². The van der Waals surface area contributed by atoms with Crippen LogP contribution in [0.4, 0.5) is 4.39 Å². The predicted octanol–water partition coefficient (Wildman–Crippen LogP) is 0.288. The van der Waals surface area contributed by atoms with Crippen molar-refractivity contribution < 1.29 is 33.5 Å². The molecule has 8 heteroatoms. The molecule has 2 fully saturated rings. The molecule has 2 unspecified atom stereocenters. The van der Waals surface area contributed by atoms with Crippen molar-refractivity contribution in [1.82, 2.24) is 4.90 Å². The third-order valence-corrected chi connectivity index (χ3v) is 6.79. The monoisotopic (exact) mass is 466 g/mol. The van der Waals surface area contributed by atoms with E-state index < -0.39 is 29.3 Å². The molecule has 0 saturated carbocycles. The Morgan fingerprint density at radius 1 is 1.18 bits per heavy atom. The average molecular weight is 467 g/mol. The molecule has 3 heterocycles. The number of benzene rings is 2. The van der Waals surface area contributed by atoms with Gasteiger partial charge in [0.15, 0.2) is 0 Å². The van der Waals surface area contributed by atoms with E-state index in [2.05, 4.69) is 0 Å². The standard InChI is InChI=1S/C26H27FN2O5/c1-16-14-18-15-17(6-7-21(18)34-16)24(30)22-23(19-4-2-3-5-20(19)27)29(26(32)25(22)31)9-8-28-10-12-33-13-11-28/h2-7,15-16,23,30H,8-14H2,1H3. The van der Waals surface area contributed by atoms with Gasteiger partial charge in [0.05, 0.1) is 32.3 Å². The largest absolute Gasteiger partial charge is 0.872 e. The van der Waals surface area contributed by atoms with Crippen molar-refractivity contribution in [3.63, 3.8) is 0 Å². The summed E-state index contributed by atoms with van der Waals surface area (Å²) in [6, 6.07) is 9.98. The second-order valence-electron chi connectivity index (χ2n) is 9.06. The van der Waals surface area contributed by atoms with Gasteiger partial charge < -0.3 is 24.4 Å². The molecular formula is C26H27FN2O5. The van der Waals surface area contributed by atoms with E-state index in [0.717, 1.165) is 18.7 Å². The maximum absolute atomic E-state index is 14.9. The van der Waals surface area contributed by atoms with E-state index in [0.29, 0.717) is 37.5 Å². The highest BCUT2D eigenvalue weighted by Crippen LogP contribution is 2.40. The van der Waals surface area contributed by atoms with Crippen LogP contribution in [-0.2, 0) is 20.7 Å². The Morgan fingerprint density at radius 3 is 2.71 bits per heavy atom. The summed E-state index contributed by atoms with van der Waals surface area (Å²) in [6.07, 6.45) is 0.663. The van der Waals surface area contributed by atoms with E-state index in [1.807, 2.05) is 6.92 Å². The number of hydrogen-bond acceptors (Lipinski definition) is 5. The minimum Gasteiger partial charge on any atom is -0.872 e. The smallest absolute Gasteiger partial charge is 0.295 e. The Hall–Kier alpha value is -3.23. The number of halogens is 1. The number of ether oxygens (including phenoxy) is 2. The first kappa shape index (κ1) is 22.6. The highest BCUT2D eigenvalue weighted by molar-refractivity contribution is 6.46. The molecule has 0 radical (unpaired) electrons. The van der Waals surface area contributed by atoms with Crippen LogP contribution in [-0.4, -0.2) is 62.1 Å². The number of nitrogens with zero attached hydrogens (tertiary/aromatic N) is 1. The van der Waals surface area contributed by atoms with Gasteiger partial charge in [-0.3, -0.25) is 9.59 Å². The van der Waals surface area contributed by atoms with E-state index >= 15 is 0 Å². The molecule has 0 bridgehead atoms. The predicted molar refractivity (Wildman–Crippen MR) is 119 cm³/mol. The van der Waals surface area contributed by atoms with E-state index in [9.17, 15) is 19.1 Å². The zero-order chi connectivity index (χ0) is 23.8. The van der Waals surface area contributed by atoms with Crippen LogP contribution in [0.2, 0.25) is 0 Å². The lowest BCUT2D eigenvalue weighted by molar-refractivity contribution is -0.907. The van der Waals surface area contributed by atoms with Crippen LogP contribution in [0.3, 0.4) is 0 Å². The topological polar surface area (TPSA) is 83.3 Å². The van der Waals surface area contributed by atoms with Gasteiger partial charge in [0, 0.05) is 17.6 Å². The van der Waals surface area contributed by atoms with Crippen LogP contribution in [0.1, 0.15) is 29.7 Å². The number of carbonyl (C=O) groups is 2. The lowest BCUT2D eigenvalue weighted by atomic mass is 9.94. The third kappa shape index (κ3) is 4.08. The van der Waals surface area contributed by atoms with Crippen LogP contribution in [0, 0.1) is 5.82 Å². The molecule has 7 nitrogen and oxygen atoms in total. The number of rotatable bonds is 5. The molecule has 178 valence electrons. The van der Waals surface area contributed by atoms with Crippen molar-refractivity contribution >= 4 is 17.4 Å². The fraction of sp³-hybridized carbons (Fsp3) is 0.385. The van der Waals surface area contributed by atoms with Gasteiger partial charge in [-0.25, -0.2) is 4.39 Å². The number of morpholine rings is 1. The summed E-state index contributed by atoms with van der Waals surface area (Å²) >= 11 is 0. The Bertz CT molecular complexity index is 1160. The lowest BCUT2D eigenvalue weighted by Crippen LogP contribution is -3.14. The number of fused-ring (bicyclic) bond motifs is 1. The summed E-state index contributed by atoms with van der Waals surface area (Å²) in [5.41, 5.74) is 1.14. The maximum Gasteiger partial charge on any atom is 0.295 e. The first-order valence-corrected chi connectivity index (χ1v) is 11.7. The summed E-state index contributed by atoms with van der Waals surface area (Å²) in [7, 11) is 0. The molecular weight excluding hydrogens is 439 g/mol. The van der Waals surface area contributed by atoms with E-state index in [-0.39, 0.29) is 23.8 Å². The van der Waals surface area contributed by atoms with Crippen molar-refractivity contribution in [2.75, 3.05) is 39.4 Å². The SMILES string of the molecule is CC1Cc2cc(C([O-])=C3C(=O)C(=O)N(CC[NH+]4CCOCC4)C3c3ccccc3F)ccc2O1. The third-order valence-electron chi connectivity index (χ3n) is 6.79. The van der Waals surface area contributed by atoms with E-state index in [4.69, 9.17) is 9.47 Å². The van der Waals surface area contributed by atoms with Crippen LogP contribution < -0.4 is 14.7 Å². The molecule has 1 N–H and O–H groups in total. The van der Waals surface area contributed by atoms with E-state index in [1.165, 1.54) is 21.9 Å². The van der Waals surface area contributed by atoms with Crippen molar-refractivity contribution in [2.45, 2.75) is 25.5 Å². The summed E-state index contributed by atoms with van der Waals surface area (Å²) in [5, 5.41) is 13.6. The van der Waals surface area contributed by atoms with Gasteiger partial charge in [-0.1, -0.05) is 30.0 Å². The first-order valence-electron chi connectivity index (χ1n) is 11.7. The zero-order valence-corrected chi connectivity index (χ0v) is 19.0. The number of likely N-dealkylation sites (tertiary alicyclic amines) is 1. The van der Waals surface area contributed by atoms with Gasteiger partial charge in [0.2, 0.25) is 5.78 Å².